The molecule has 5 heteroatoms. The van der Waals surface area contributed by atoms with E-state index >= 15 is 0 Å². The van der Waals surface area contributed by atoms with Crippen molar-refractivity contribution in [3.05, 3.63) is 71.6 Å². The summed E-state index contributed by atoms with van der Waals surface area (Å²) in [5.74, 6) is 1.13. The molecule has 120 valence electrons. The first-order chi connectivity index (χ1) is 12.4. The molecule has 0 atom stereocenters. The summed E-state index contributed by atoms with van der Waals surface area (Å²) in [7, 11) is 0. The summed E-state index contributed by atoms with van der Waals surface area (Å²) in [6.45, 7) is 0. The Balaban J connectivity index is 1.51. The number of thiophene rings is 1. The molecule has 0 aliphatic heterocycles. The van der Waals surface area contributed by atoms with Crippen molar-refractivity contribution >= 4 is 22.2 Å². The third kappa shape index (κ3) is 2.45. The zero-order valence-corrected chi connectivity index (χ0v) is 14.0. The van der Waals surface area contributed by atoms with Crippen LogP contribution in [0.5, 0.6) is 0 Å². The number of rotatable bonds is 3. The fraction of sp³-hybridized carbons (Fsp3) is 0. The summed E-state index contributed by atoms with van der Waals surface area (Å²) >= 11 is 1.70. The summed E-state index contributed by atoms with van der Waals surface area (Å²) < 4.78 is 5.51. The molecule has 2 aromatic carbocycles. The van der Waals surface area contributed by atoms with Crippen molar-refractivity contribution < 1.29 is 4.52 Å². The maximum atomic E-state index is 5.51. The molecule has 1 N–H and O–H groups in total. The largest absolute Gasteiger partial charge is 0.361 e. The van der Waals surface area contributed by atoms with Gasteiger partial charge >= 0.3 is 0 Å². The SMILES string of the molecule is c1cc(-c2nc(-c3ccc(-c4ccsc4)cc3)no2)c2cc[nH]c2c1. The molecule has 0 fully saturated rings. The van der Waals surface area contributed by atoms with Crippen LogP contribution in [0.15, 0.2) is 76.1 Å². The summed E-state index contributed by atoms with van der Waals surface area (Å²) in [4.78, 5) is 7.78. The fourth-order valence-electron chi connectivity index (χ4n) is 2.96. The van der Waals surface area contributed by atoms with Gasteiger partial charge < -0.3 is 9.51 Å². The highest BCUT2D eigenvalue weighted by atomic mass is 32.1. The minimum atomic E-state index is 0.530. The van der Waals surface area contributed by atoms with Gasteiger partial charge in [0.2, 0.25) is 5.82 Å². The van der Waals surface area contributed by atoms with Gasteiger partial charge in [-0.1, -0.05) is 35.5 Å². The molecule has 0 spiro atoms. The van der Waals surface area contributed by atoms with Gasteiger partial charge in [-0.15, -0.1) is 0 Å². The maximum absolute atomic E-state index is 5.51. The van der Waals surface area contributed by atoms with Crippen molar-refractivity contribution in [2.24, 2.45) is 0 Å². The van der Waals surface area contributed by atoms with Gasteiger partial charge in [0.15, 0.2) is 0 Å². The van der Waals surface area contributed by atoms with Gasteiger partial charge in [0.05, 0.1) is 0 Å². The number of aromatic amines is 1. The molecular weight excluding hydrogens is 330 g/mol. The molecule has 0 unspecified atom stereocenters. The highest BCUT2D eigenvalue weighted by Crippen LogP contribution is 2.29. The lowest BCUT2D eigenvalue weighted by Crippen LogP contribution is -1.82. The lowest BCUT2D eigenvalue weighted by Gasteiger charge is -1.99. The number of hydrogen-bond donors (Lipinski definition) is 1. The van der Waals surface area contributed by atoms with E-state index in [1.807, 2.05) is 42.6 Å². The van der Waals surface area contributed by atoms with Crippen molar-refractivity contribution in [3.63, 3.8) is 0 Å². The van der Waals surface area contributed by atoms with Gasteiger partial charge in [-0.05, 0) is 46.2 Å². The van der Waals surface area contributed by atoms with Gasteiger partial charge in [0, 0.05) is 28.2 Å². The highest BCUT2D eigenvalue weighted by molar-refractivity contribution is 7.08. The molecule has 0 aliphatic carbocycles. The van der Waals surface area contributed by atoms with Gasteiger partial charge in [-0.3, -0.25) is 0 Å². The molecule has 0 aliphatic rings. The van der Waals surface area contributed by atoms with Crippen molar-refractivity contribution in [1.29, 1.82) is 0 Å². The third-order valence-corrected chi connectivity index (χ3v) is 4.93. The Hall–Kier alpha value is -3.18. The van der Waals surface area contributed by atoms with E-state index in [0.29, 0.717) is 11.7 Å². The highest BCUT2D eigenvalue weighted by Gasteiger charge is 2.13. The Morgan fingerprint density at radius 2 is 1.76 bits per heavy atom. The van der Waals surface area contributed by atoms with Crippen molar-refractivity contribution in [2.45, 2.75) is 0 Å². The zero-order chi connectivity index (χ0) is 16.6. The third-order valence-electron chi connectivity index (χ3n) is 4.25. The van der Waals surface area contributed by atoms with Crippen LogP contribution in [-0.2, 0) is 0 Å². The van der Waals surface area contributed by atoms with E-state index in [-0.39, 0.29) is 0 Å². The summed E-state index contributed by atoms with van der Waals surface area (Å²) in [5, 5.41) is 9.44. The minimum absolute atomic E-state index is 0.530. The van der Waals surface area contributed by atoms with E-state index < -0.39 is 0 Å². The van der Waals surface area contributed by atoms with E-state index in [0.717, 1.165) is 22.0 Å². The lowest BCUT2D eigenvalue weighted by atomic mass is 10.1. The van der Waals surface area contributed by atoms with Crippen LogP contribution in [0, 0.1) is 0 Å². The minimum Gasteiger partial charge on any atom is -0.361 e. The number of fused-ring (bicyclic) bond motifs is 1. The van der Waals surface area contributed by atoms with E-state index in [1.165, 1.54) is 11.1 Å². The number of benzene rings is 2. The second kappa shape index (κ2) is 5.72. The number of nitrogens with one attached hydrogen (secondary N) is 1. The zero-order valence-electron chi connectivity index (χ0n) is 13.1. The molecule has 0 saturated carbocycles. The first-order valence-corrected chi connectivity index (χ1v) is 8.86. The van der Waals surface area contributed by atoms with Crippen LogP contribution in [0.1, 0.15) is 0 Å². The van der Waals surface area contributed by atoms with E-state index in [1.54, 1.807) is 11.3 Å². The molecule has 0 bridgehead atoms. The number of hydrogen-bond acceptors (Lipinski definition) is 4. The van der Waals surface area contributed by atoms with Crippen LogP contribution < -0.4 is 0 Å². The van der Waals surface area contributed by atoms with E-state index in [9.17, 15) is 0 Å². The summed E-state index contributed by atoms with van der Waals surface area (Å²) in [5.41, 5.74) is 5.34. The second-order valence-electron chi connectivity index (χ2n) is 5.76. The Kier molecular flexibility index (Phi) is 3.24. The van der Waals surface area contributed by atoms with Crippen LogP contribution in [0.3, 0.4) is 0 Å². The van der Waals surface area contributed by atoms with E-state index in [4.69, 9.17) is 4.52 Å². The van der Waals surface area contributed by atoms with Crippen LogP contribution in [0.4, 0.5) is 0 Å². The van der Waals surface area contributed by atoms with Gasteiger partial charge in [0.1, 0.15) is 0 Å². The number of aromatic nitrogens is 3. The first kappa shape index (κ1) is 14.2. The molecule has 5 rings (SSSR count). The van der Waals surface area contributed by atoms with Crippen molar-refractivity contribution in [3.8, 4) is 34.0 Å². The maximum Gasteiger partial charge on any atom is 0.258 e. The monoisotopic (exact) mass is 343 g/mol. The average Bonchev–Trinajstić information content (AvgIpc) is 3.42. The van der Waals surface area contributed by atoms with Gasteiger partial charge in [0.25, 0.3) is 5.89 Å². The molecule has 0 amide bonds. The topological polar surface area (TPSA) is 54.7 Å². The Bertz CT molecular complexity index is 1140. The van der Waals surface area contributed by atoms with Crippen LogP contribution >= 0.6 is 11.3 Å². The molecule has 0 saturated heterocycles. The predicted octanol–water partition coefficient (Wildman–Crippen LogP) is 5.61. The van der Waals surface area contributed by atoms with Gasteiger partial charge in [-0.25, -0.2) is 0 Å². The molecule has 3 aromatic heterocycles. The Morgan fingerprint density at radius 3 is 2.60 bits per heavy atom. The van der Waals surface area contributed by atoms with Crippen LogP contribution in [0.2, 0.25) is 0 Å². The molecule has 0 radical (unpaired) electrons. The molecular formula is C20H13N3OS. The van der Waals surface area contributed by atoms with E-state index in [2.05, 4.69) is 44.1 Å². The number of nitrogens with zero attached hydrogens (tertiary/aromatic N) is 2. The second-order valence-corrected chi connectivity index (χ2v) is 6.54. The Labute approximate surface area is 147 Å². The molecule has 3 heterocycles. The van der Waals surface area contributed by atoms with Gasteiger partial charge in [-0.2, -0.15) is 16.3 Å². The van der Waals surface area contributed by atoms with Crippen molar-refractivity contribution in [1.82, 2.24) is 15.1 Å². The lowest BCUT2D eigenvalue weighted by molar-refractivity contribution is 0.432. The van der Waals surface area contributed by atoms with Crippen molar-refractivity contribution in [2.75, 3.05) is 0 Å². The molecule has 5 aromatic rings. The summed E-state index contributed by atoms with van der Waals surface area (Å²) in [6, 6.07) is 18.4. The first-order valence-electron chi connectivity index (χ1n) is 7.92. The summed E-state index contributed by atoms with van der Waals surface area (Å²) in [6.07, 6.45) is 1.91. The normalized spacial score (nSPS) is 11.2. The Morgan fingerprint density at radius 1 is 0.880 bits per heavy atom. The smallest absolute Gasteiger partial charge is 0.258 e. The standard InChI is InChI=1S/C20H13N3OS/c1-2-17(16-8-10-21-18(16)3-1)20-22-19(23-24-20)14-6-4-13(5-7-14)15-9-11-25-12-15/h1-12,21H. The molecule has 4 nitrogen and oxygen atoms in total. The quantitative estimate of drug-likeness (QED) is 0.463. The number of H-pyrrole nitrogens is 1. The fourth-order valence-corrected chi connectivity index (χ4v) is 3.63. The molecule has 25 heavy (non-hydrogen) atoms. The van der Waals surface area contributed by atoms with Crippen LogP contribution in [0.25, 0.3) is 44.9 Å². The predicted molar refractivity (Wildman–Crippen MR) is 100 cm³/mol. The average molecular weight is 343 g/mol. The van der Waals surface area contributed by atoms with Crippen LogP contribution in [-0.4, -0.2) is 15.1 Å².